The number of benzene rings is 3. The highest BCUT2D eigenvalue weighted by Gasteiger charge is 2.23. The third-order valence-electron chi connectivity index (χ3n) is 5.61. The van der Waals surface area contributed by atoms with Crippen LogP contribution in [0.15, 0.2) is 60.8 Å². The molecule has 0 saturated carbocycles. The fraction of sp³-hybridized carbons (Fsp3) is 0.200. The Labute approximate surface area is 184 Å². The molecule has 5 nitrogen and oxygen atoms in total. The van der Waals surface area contributed by atoms with Gasteiger partial charge in [0.25, 0.3) is 5.91 Å². The molecule has 4 aromatic rings. The van der Waals surface area contributed by atoms with Crippen LogP contribution in [-0.4, -0.2) is 34.7 Å². The Morgan fingerprint density at radius 3 is 2.72 bits per heavy atom. The predicted octanol–water partition coefficient (Wildman–Crippen LogP) is 5.74. The molecule has 0 aliphatic heterocycles. The Balaban J connectivity index is 1.66. The van der Waals surface area contributed by atoms with E-state index in [0.29, 0.717) is 39.9 Å². The molecule has 32 heavy (non-hydrogen) atoms. The first-order valence-corrected chi connectivity index (χ1v) is 10.3. The zero-order valence-electron chi connectivity index (χ0n) is 18.0. The topological polar surface area (TPSA) is 58.2 Å². The minimum atomic E-state index is -0.368. The molecule has 1 amide bonds. The molecule has 0 radical (unpaired) electrons. The van der Waals surface area contributed by atoms with Crippen LogP contribution in [0.2, 0.25) is 0 Å². The van der Waals surface area contributed by atoms with E-state index in [2.05, 4.69) is 10.2 Å². The minimum absolute atomic E-state index is 0.221. The summed E-state index contributed by atoms with van der Waals surface area (Å²) in [7, 11) is 1.69. The van der Waals surface area contributed by atoms with Crippen molar-refractivity contribution in [3.63, 3.8) is 0 Å². The molecule has 1 heterocycles. The second-order valence-corrected chi connectivity index (χ2v) is 7.54. The highest BCUT2D eigenvalue weighted by atomic mass is 19.1. The van der Waals surface area contributed by atoms with Gasteiger partial charge in [0.2, 0.25) is 0 Å². The van der Waals surface area contributed by atoms with Crippen LogP contribution in [0.25, 0.3) is 22.0 Å². The van der Waals surface area contributed by atoms with Crippen molar-refractivity contribution < 1.29 is 18.3 Å². The van der Waals surface area contributed by atoms with Crippen LogP contribution in [0.5, 0.6) is 5.75 Å². The number of aromatic nitrogens is 2. The van der Waals surface area contributed by atoms with Crippen molar-refractivity contribution in [3.05, 3.63) is 83.6 Å². The Morgan fingerprint density at radius 1 is 1.16 bits per heavy atom. The lowest BCUT2D eigenvalue weighted by molar-refractivity contribution is 0.0743. The summed E-state index contributed by atoms with van der Waals surface area (Å²) < 4.78 is 33.5. The average Bonchev–Trinajstić information content (AvgIpc) is 3.29. The van der Waals surface area contributed by atoms with Crippen LogP contribution in [0, 0.1) is 11.6 Å². The summed E-state index contributed by atoms with van der Waals surface area (Å²) in [6.45, 7) is 4.12. The standard InChI is InChI=1S/C25H23F2N3O2/c1-4-32-23-13-17(8-9-20(23)16-6-5-7-18(26)12-16)25(31)30(3)15(2)19-10-11-22(27)21-14-28-29-24(19)21/h5-15H,4H2,1-3H3,(H,28,29). The van der Waals surface area contributed by atoms with Crippen molar-refractivity contribution in [2.45, 2.75) is 19.9 Å². The van der Waals surface area contributed by atoms with Crippen LogP contribution >= 0.6 is 0 Å². The van der Waals surface area contributed by atoms with E-state index in [-0.39, 0.29) is 23.6 Å². The van der Waals surface area contributed by atoms with E-state index in [9.17, 15) is 13.6 Å². The number of aromatic amines is 1. The molecule has 1 unspecified atom stereocenters. The lowest BCUT2D eigenvalue weighted by atomic mass is 10.0. The fourth-order valence-corrected chi connectivity index (χ4v) is 3.78. The summed E-state index contributed by atoms with van der Waals surface area (Å²) in [5.41, 5.74) is 3.13. The molecular weight excluding hydrogens is 412 g/mol. The molecular formula is C25H23F2N3O2. The normalized spacial score (nSPS) is 12.0. The van der Waals surface area contributed by atoms with E-state index in [1.807, 2.05) is 13.8 Å². The number of nitrogens with zero attached hydrogens (tertiary/aromatic N) is 2. The Morgan fingerprint density at radius 2 is 1.97 bits per heavy atom. The van der Waals surface area contributed by atoms with Crippen LogP contribution in [-0.2, 0) is 0 Å². The summed E-state index contributed by atoms with van der Waals surface area (Å²) >= 11 is 0. The van der Waals surface area contributed by atoms with E-state index in [1.165, 1.54) is 24.4 Å². The predicted molar refractivity (Wildman–Crippen MR) is 120 cm³/mol. The minimum Gasteiger partial charge on any atom is -0.493 e. The maximum absolute atomic E-state index is 14.0. The Kier molecular flexibility index (Phi) is 5.90. The number of halogens is 2. The molecule has 0 spiro atoms. The van der Waals surface area contributed by atoms with E-state index < -0.39 is 0 Å². The molecule has 1 N–H and O–H groups in total. The van der Waals surface area contributed by atoms with Gasteiger partial charge in [-0.3, -0.25) is 9.89 Å². The zero-order valence-corrected chi connectivity index (χ0v) is 18.0. The monoisotopic (exact) mass is 435 g/mol. The summed E-state index contributed by atoms with van der Waals surface area (Å²) in [5.74, 6) is -0.431. The van der Waals surface area contributed by atoms with Gasteiger partial charge in [0.15, 0.2) is 0 Å². The van der Waals surface area contributed by atoms with Gasteiger partial charge in [-0.2, -0.15) is 5.10 Å². The molecule has 0 saturated heterocycles. The van der Waals surface area contributed by atoms with Gasteiger partial charge in [-0.15, -0.1) is 0 Å². The van der Waals surface area contributed by atoms with Gasteiger partial charge >= 0.3 is 0 Å². The van der Waals surface area contributed by atoms with Crippen LogP contribution < -0.4 is 4.74 Å². The Bertz CT molecular complexity index is 1290. The molecule has 3 aromatic carbocycles. The summed E-state index contributed by atoms with van der Waals surface area (Å²) in [6.07, 6.45) is 1.43. The van der Waals surface area contributed by atoms with Crippen molar-refractivity contribution in [1.82, 2.24) is 15.1 Å². The van der Waals surface area contributed by atoms with Gasteiger partial charge in [0, 0.05) is 23.7 Å². The van der Waals surface area contributed by atoms with Gasteiger partial charge in [-0.25, -0.2) is 8.78 Å². The third-order valence-corrected chi connectivity index (χ3v) is 5.61. The molecule has 1 atom stereocenters. The Hall–Kier alpha value is -3.74. The second-order valence-electron chi connectivity index (χ2n) is 7.54. The van der Waals surface area contributed by atoms with Crippen LogP contribution in [0.3, 0.4) is 0 Å². The fourth-order valence-electron chi connectivity index (χ4n) is 3.78. The van der Waals surface area contributed by atoms with Crippen LogP contribution in [0.1, 0.15) is 35.8 Å². The molecule has 1 aromatic heterocycles. The highest BCUT2D eigenvalue weighted by molar-refractivity contribution is 5.96. The molecule has 164 valence electrons. The smallest absolute Gasteiger partial charge is 0.254 e. The molecule has 4 rings (SSSR count). The van der Waals surface area contributed by atoms with Gasteiger partial charge in [-0.1, -0.05) is 18.2 Å². The number of hydrogen-bond acceptors (Lipinski definition) is 3. The van der Waals surface area contributed by atoms with E-state index >= 15 is 0 Å². The molecule has 0 aliphatic carbocycles. The molecule has 0 aliphatic rings. The van der Waals surface area contributed by atoms with Crippen molar-refractivity contribution in [2.75, 3.05) is 13.7 Å². The number of carbonyl (C=O) groups excluding carboxylic acids is 1. The van der Waals surface area contributed by atoms with Gasteiger partial charge in [-0.05, 0) is 55.8 Å². The third kappa shape index (κ3) is 3.93. The summed E-state index contributed by atoms with van der Waals surface area (Å²) in [5, 5.41) is 7.14. The molecule has 0 fully saturated rings. The maximum atomic E-state index is 14.0. The van der Waals surface area contributed by atoms with E-state index in [4.69, 9.17) is 4.74 Å². The second kappa shape index (κ2) is 8.78. The van der Waals surface area contributed by atoms with E-state index in [0.717, 1.165) is 5.56 Å². The van der Waals surface area contributed by atoms with Gasteiger partial charge in [0.1, 0.15) is 17.4 Å². The number of ether oxygens (including phenoxy) is 1. The highest BCUT2D eigenvalue weighted by Crippen LogP contribution is 2.33. The number of nitrogens with one attached hydrogen (secondary N) is 1. The largest absolute Gasteiger partial charge is 0.493 e. The number of rotatable bonds is 6. The first-order valence-electron chi connectivity index (χ1n) is 10.3. The SMILES string of the molecule is CCOc1cc(C(=O)N(C)C(C)c2ccc(F)c3cn[nH]c23)ccc1-c1cccc(F)c1. The van der Waals surface area contributed by atoms with Gasteiger partial charge < -0.3 is 9.64 Å². The number of amides is 1. The number of carbonyl (C=O) groups is 1. The van der Waals surface area contributed by atoms with Crippen molar-refractivity contribution >= 4 is 16.8 Å². The quantitative estimate of drug-likeness (QED) is 0.420. The zero-order chi connectivity index (χ0) is 22.8. The molecule has 7 heteroatoms. The number of H-pyrrole nitrogens is 1. The lowest BCUT2D eigenvalue weighted by Crippen LogP contribution is -2.30. The number of hydrogen-bond donors (Lipinski definition) is 1. The van der Waals surface area contributed by atoms with E-state index in [1.54, 1.807) is 48.3 Å². The maximum Gasteiger partial charge on any atom is 0.254 e. The first kappa shape index (κ1) is 21.5. The van der Waals surface area contributed by atoms with Crippen LogP contribution in [0.4, 0.5) is 8.78 Å². The lowest BCUT2D eigenvalue weighted by Gasteiger charge is -2.26. The summed E-state index contributed by atoms with van der Waals surface area (Å²) in [6, 6.07) is 14.1. The number of fused-ring (bicyclic) bond motifs is 1. The van der Waals surface area contributed by atoms with Gasteiger partial charge in [0.05, 0.1) is 29.7 Å². The van der Waals surface area contributed by atoms with Crippen molar-refractivity contribution in [3.8, 4) is 16.9 Å². The molecule has 0 bridgehead atoms. The van der Waals surface area contributed by atoms with Crippen molar-refractivity contribution in [1.29, 1.82) is 0 Å². The average molecular weight is 435 g/mol. The van der Waals surface area contributed by atoms with Crippen molar-refractivity contribution in [2.24, 2.45) is 0 Å². The first-order chi connectivity index (χ1) is 15.4. The summed E-state index contributed by atoms with van der Waals surface area (Å²) in [4.78, 5) is 14.9.